The number of halogens is 3. The Morgan fingerprint density at radius 3 is 2.48 bits per heavy atom. The van der Waals surface area contributed by atoms with Gasteiger partial charge in [-0.05, 0) is 65.3 Å². The van der Waals surface area contributed by atoms with E-state index in [1.165, 1.54) is 24.3 Å². The highest BCUT2D eigenvalue weighted by Gasteiger charge is 2.17. The van der Waals surface area contributed by atoms with E-state index in [9.17, 15) is 9.18 Å². The highest BCUT2D eigenvalue weighted by molar-refractivity contribution is 9.11. The van der Waals surface area contributed by atoms with Crippen LogP contribution in [0.25, 0.3) is 10.9 Å². The molecule has 3 aromatic rings. The van der Waals surface area contributed by atoms with Crippen molar-refractivity contribution in [3.05, 3.63) is 68.5 Å². The Bertz CT molecular complexity index is 911. The summed E-state index contributed by atoms with van der Waals surface area (Å²) in [6, 6.07) is 10.8. The third-order valence-corrected chi connectivity index (χ3v) is 4.50. The van der Waals surface area contributed by atoms with Gasteiger partial charge >= 0.3 is 5.97 Å². The van der Waals surface area contributed by atoms with E-state index in [1.807, 2.05) is 19.1 Å². The second kappa shape index (κ2) is 6.37. The number of aromatic nitrogens is 1. The van der Waals surface area contributed by atoms with Crippen LogP contribution in [-0.2, 0) is 0 Å². The van der Waals surface area contributed by atoms with Gasteiger partial charge in [0, 0.05) is 15.6 Å². The van der Waals surface area contributed by atoms with Crippen molar-refractivity contribution in [3.8, 4) is 5.75 Å². The Hall–Kier alpha value is -1.79. The molecule has 0 radical (unpaired) electrons. The SMILES string of the molecule is Cc1ccc2c(Br)cc(Br)c(OC(=O)c3ccc(F)cc3)c2n1. The van der Waals surface area contributed by atoms with Crippen molar-refractivity contribution in [2.75, 3.05) is 0 Å². The van der Waals surface area contributed by atoms with Gasteiger partial charge in [-0.15, -0.1) is 0 Å². The van der Waals surface area contributed by atoms with Crippen LogP contribution in [0.3, 0.4) is 0 Å². The van der Waals surface area contributed by atoms with Gasteiger partial charge in [0.25, 0.3) is 0 Å². The van der Waals surface area contributed by atoms with E-state index in [0.717, 1.165) is 15.6 Å². The third kappa shape index (κ3) is 3.28. The number of carbonyl (C=O) groups excluding carboxylic acids is 1. The normalized spacial score (nSPS) is 10.8. The summed E-state index contributed by atoms with van der Waals surface area (Å²) in [7, 11) is 0. The zero-order valence-electron chi connectivity index (χ0n) is 11.9. The molecule has 0 fully saturated rings. The predicted octanol–water partition coefficient (Wildman–Crippen LogP) is 5.43. The second-order valence-electron chi connectivity index (χ2n) is 4.91. The van der Waals surface area contributed by atoms with Crippen LogP contribution in [0.5, 0.6) is 5.75 Å². The second-order valence-corrected chi connectivity index (χ2v) is 6.62. The van der Waals surface area contributed by atoms with E-state index >= 15 is 0 Å². The molecule has 0 saturated heterocycles. The molecule has 0 bridgehead atoms. The van der Waals surface area contributed by atoms with Crippen molar-refractivity contribution in [1.29, 1.82) is 0 Å². The molecule has 3 rings (SSSR count). The Morgan fingerprint density at radius 1 is 1.09 bits per heavy atom. The average Bonchev–Trinajstić information content (AvgIpc) is 2.51. The van der Waals surface area contributed by atoms with Gasteiger partial charge in [-0.3, -0.25) is 0 Å². The average molecular weight is 439 g/mol. The zero-order chi connectivity index (χ0) is 16.6. The van der Waals surface area contributed by atoms with Gasteiger partial charge in [0.2, 0.25) is 0 Å². The molecule has 0 aliphatic rings. The van der Waals surface area contributed by atoms with Crippen molar-refractivity contribution in [1.82, 2.24) is 4.98 Å². The third-order valence-electron chi connectivity index (χ3n) is 3.25. The number of carbonyl (C=O) groups is 1. The van der Waals surface area contributed by atoms with Crippen molar-refractivity contribution in [3.63, 3.8) is 0 Å². The maximum Gasteiger partial charge on any atom is 0.343 e. The number of nitrogens with zero attached hydrogens (tertiary/aromatic N) is 1. The molecule has 0 spiro atoms. The summed E-state index contributed by atoms with van der Waals surface area (Å²) < 4.78 is 19.9. The maximum atomic E-state index is 13.0. The van der Waals surface area contributed by atoms with Crippen molar-refractivity contribution >= 4 is 48.7 Å². The van der Waals surface area contributed by atoms with Crippen LogP contribution in [0.2, 0.25) is 0 Å². The van der Waals surface area contributed by atoms with Crippen molar-refractivity contribution in [2.24, 2.45) is 0 Å². The molecule has 0 atom stereocenters. The molecule has 1 heterocycles. The number of aryl methyl sites for hydroxylation is 1. The lowest BCUT2D eigenvalue weighted by molar-refractivity contribution is 0.0735. The van der Waals surface area contributed by atoms with Crippen LogP contribution in [-0.4, -0.2) is 11.0 Å². The standard InChI is InChI=1S/C17H10Br2FNO2/c1-9-2-7-12-13(18)8-14(19)16(15(12)21-9)23-17(22)10-3-5-11(20)6-4-10/h2-8H,1H3. The lowest BCUT2D eigenvalue weighted by Crippen LogP contribution is -2.09. The predicted molar refractivity (Wildman–Crippen MR) is 93.2 cm³/mol. The first-order valence-electron chi connectivity index (χ1n) is 6.69. The summed E-state index contributed by atoms with van der Waals surface area (Å²) in [5, 5.41) is 0.834. The summed E-state index contributed by atoms with van der Waals surface area (Å²) in [4.78, 5) is 16.7. The summed E-state index contributed by atoms with van der Waals surface area (Å²) in [6.07, 6.45) is 0. The van der Waals surface area contributed by atoms with Crippen LogP contribution in [0.1, 0.15) is 16.1 Å². The summed E-state index contributed by atoms with van der Waals surface area (Å²) >= 11 is 6.87. The number of pyridine rings is 1. The fraction of sp³-hybridized carbons (Fsp3) is 0.0588. The number of hydrogen-bond acceptors (Lipinski definition) is 3. The minimum absolute atomic E-state index is 0.266. The first-order chi connectivity index (χ1) is 11.0. The molecule has 0 aliphatic heterocycles. The molecule has 1 aromatic heterocycles. The number of rotatable bonds is 2. The van der Waals surface area contributed by atoms with E-state index in [4.69, 9.17) is 4.74 Å². The monoisotopic (exact) mass is 437 g/mol. The van der Waals surface area contributed by atoms with Gasteiger partial charge in [-0.1, -0.05) is 15.9 Å². The Kier molecular flexibility index (Phi) is 4.46. The minimum atomic E-state index is -0.572. The van der Waals surface area contributed by atoms with E-state index in [-0.39, 0.29) is 5.56 Å². The summed E-state index contributed by atoms with van der Waals surface area (Å²) in [5.74, 6) is -0.645. The fourth-order valence-electron chi connectivity index (χ4n) is 2.12. The Labute approximate surface area is 148 Å². The van der Waals surface area contributed by atoms with Crippen LogP contribution in [0.15, 0.2) is 51.4 Å². The van der Waals surface area contributed by atoms with Gasteiger partial charge < -0.3 is 4.74 Å². The van der Waals surface area contributed by atoms with Crippen LogP contribution >= 0.6 is 31.9 Å². The first kappa shape index (κ1) is 16.1. The van der Waals surface area contributed by atoms with Crippen molar-refractivity contribution < 1.29 is 13.9 Å². The molecule has 116 valence electrons. The number of esters is 1. The highest BCUT2D eigenvalue weighted by Crippen LogP contribution is 2.38. The van der Waals surface area contributed by atoms with E-state index in [1.54, 1.807) is 6.07 Å². The smallest absolute Gasteiger partial charge is 0.343 e. The Balaban J connectivity index is 2.07. The number of hydrogen-bond donors (Lipinski definition) is 0. The van der Waals surface area contributed by atoms with Gasteiger partial charge in [-0.25, -0.2) is 14.2 Å². The molecule has 0 saturated carbocycles. The van der Waals surface area contributed by atoms with E-state index in [2.05, 4.69) is 36.8 Å². The van der Waals surface area contributed by atoms with E-state index < -0.39 is 11.8 Å². The topological polar surface area (TPSA) is 39.2 Å². The molecule has 0 aliphatic carbocycles. The molecular formula is C17H10Br2FNO2. The lowest BCUT2D eigenvalue weighted by Gasteiger charge is -2.11. The fourth-order valence-corrected chi connectivity index (χ4v) is 3.48. The molecule has 0 amide bonds. The molecule has 0 unspecified atom stereocenters. The van der Waals surface area contributed by atoms with Gasteiger partial charge in [0.15, 0.2) is 5.75 Å². The largest absolute Gasteiger partial charge is 0.419 e. The molecular weight excluding hydrogens is 429 g/mol. The Morgan fingerprint density at radius 2 is 1.78 bits per heavy atom. The summed E-state index contributed by atoms with van der Waals surface area (Å²) in [6.45, 7) is 1.86. The van der Waals surface area contributed by atoms with Crippen LogP contribution in [0.4, 0.5) is 4.39 Å². The number of benzene rings is 2. The van der Waals surface area contributed by atoms with E-state index in [0.29, 0.717) is 15.7 Å². The van der Waals surface area contributed by atoms with Crippen LogP contribution in [0, 0.1) is 12.7 Å². The highest BCUT2D eigenvalue weighted by atomic mass is 79.9. The molecule has 23 heavy (non-hydrogen) atoms. The maximum absolute atomic E-state index is 13.0. The van der Waals surface area contributed by atoms with Gasteiger partial charge in [0.05, 0.1) is 10.0 Å². The van der Waals surface area contributed by atoms with Gasteiger partial charge in [-0.2, -0.15) is 0 Å². The molecule has 3 nitrogen and oxygen atoms in total. The quantitative estimate of drug-likeness (QED) is 0.395. The van der Waals surface area contributed by atoms with Gasteiger partial charge in [0.1, 0.15) is 11.3 Å². The number of fused-ring (bicyclic) bond motifs is 1. The van der Waals surface area contributed by atoms with Crippen LogP contribution < -0.4 is 4.74 Å². The number of ether oxygens (including phenoxy) is 1. The molecule has 6 heteroatoms. The van der Waals surface area contributed by atoms with Crippen molar-refractivity contribution in [2.45, 2.75) is 6.92 Å². The summed E-state index contributed by atoms with van der Waals surface area (Å²) in [5.41, 5.74) is 1.64. The first-order valence-corrected chi connectivity index (χ1v) is 8.27. The minimum Gasteiger partial charge on any atom is -0.419 e. The molecule has 0 N–H and O–H groups in total. The zero-order valence-corrected chi connectivity index (χ0v) is 15.1. The lowest BCUT2D eigenvalue weighted by atomic mass is 10.2. The molecule has 2 aromatic carbocycles.